The zero-order valence-electron chi connectivity index (χ0n) is 23.8. The highest BCUT2D eigenvalue weighted by atomic mass is 14.9. The van der Waals surface area contributed by atoms with Crippen LogP contribution in [0.2, 0.25) is 0 Å². The fourth-order valence-corrected chi connectivity index (χ4v) is 5.67. The standard InChI is InChI=1S/C42H31N/c1-5-13-31(14-6-1)33-21-25-38(26-22-33)43-42-28-24-37(30-41(42)35-19-11-4-12-20-35)40-29-36(32-15-7-2-8-16-32)23-27-39(40)34-17-9-3-10-18-34/h1-30,43H. The van der Waals surface area contributed by atoms with E-state index in [0.717, 1.165) is 16.9 Å². The summed E-state index contributed by atoms with van der Waals surface area (Å²) in [4.78, 5) is 0. The first-order valence-electron chi connectivity index (χ1n) is 14.7. The largest absolute Gasteiger partial charge is 0.355 e. The second-order valence-corrected chi connectivity index (χ2v) is 10.7. The van der Waals surface area contributed by atoms with E-state index in [-0.39, 0.29) is 0 Å². The smallest absolute Gasteiger partial charge is 0.0464 e. The van der Waals surface area contributed by atoms with Crippen molar-refractivity contribution in [2.75, 3.05) is 5.32 Å². The van der Waals surface area contributed by atoms with Gasteiger partial charge in [-0.1, -0.05) is 152 Å². The molecule has 0 radical (unpaired) electrons. The molecule has 0 aromatic heterocycles. The van der Waals surface area contributed by atoms with E-state index in [4.69, 9.17) is 0 Å². The Hall–Kier alpha value is -5.66. The maximum absolute atomic E-state index is 3.71. The average molecular weight is 550 g/mol. The van der Waals surface area contributed by atoms with Gasteiger partial charge in [0, 0.05) is 16.9 Å². The molecule has 1 heteroatoms. The van der Waals surface area contributed by atoms with Crippen LogP contribution in [0.15, 0.2) is 182 Å². The molecule has 0 aliphatic carbocycles. The maximum atomic E-state index is 3.71. The molecule has 43 heavy (non-hydrogen) atoms. The molecule has 0 aliphatic heterocycles. The van der Waals surface area contributed by atoms with Gasteiger partial charge in [-0.15, -0.1) is 0 Å². The SMILES string of the molecule is c1ccc(-c2ccc(Nc3ccc(-c4cc(-c5ccccc5)ccc4-c4ccccc4)cc3-c3ccccc3)cc2)cc1. The Bertz CT molecular complexity index is 1940. The van der Waals surface area contributed by atoms with Gasteiger partial charge in [0.05, 0.1) is 0 Å². The molecule has 0 unspecified atom stereocenters. The Kier molecular flexibility index (Phi) is 7.36. The van der Waals surface area contributed by atoms with Crippen LogP contribution < -0.4 is 5.32 Å². The third-order valence-electron chi connectivity index (χ3n) is 7.90. The van der Waals surface area contributed by atoms with Crippen LogP contribution in [0.1, 0.15) is 0 Å². The van der Waals surface area contributed by atoms with Gasteiger partial charge in [0.25, 0.3) is 0 Å². The molecule has 1 N–H and O–H groups in total. The van der Waals surface area contributed by atoms with E-state index >= 15 is 0 Å². The molecule has 7 aromatic carbocycles. The van der Waals surface area contributed by atoms with Gasteiger partial charge in [0.2, 0.25) is 0 Å². The number of hydrogen-bond donors (Lipinski definition) is 1. The van der Waals surface area contributed by atoms with Crippen molar-refractivity contribution in [1.29, 1.82) is 0 Å². The van der Waals surface area contributed by atoms with Crippen molar-refractivity contribution < 1.29 is 0 Å². The number of hydrogen-bond acceptors (Lipinski definition) is 1. The highest BCUT2D eigenvalue weighted by Gasteiger charge is 2.14. The van der Waals surface area contributed by atoms with Gasteiger partial charge in [-0.05, 0) is 80.4 Å². The lowest BCUT2D eigenvalue weighted by Gasteiger charge is -2.18. The minimum atomic E-state index is 1.06. The molecule has 7 aromatic rings. The van der Waals surface area contributed by atoms with Gasteiger partial charge in [-0.2, -0.15) is 0 Å². The van der Waals surface area contributed by atoms with Crippen molar-refractivity contribution in [2.24, 2.45) is 0 Å². The summed E-state index contributed by atoms with van der Waals surface area (Å²) in [6, 6.07) is 64.7. The Balaban J connectivity index is 1.32. The van der Waals surface area contributed by atoms with Gasteiger partial charge in [0.15, 0.2) is 0 Å². The Morgan fingerprint density at radius 2 is 0.674 bits per heavy atom. The lowest BCUT2D eigenvalue weighted by atomic mass is 9.89. The van der Waals surface area contributed by atoms with Crippen molar-refractivity contribution in [1.82, 2.24) is 0 Å². The predicted octanol–water partition coefficient (Wildman–Crippen LogP) is 11.8. The first kappa shape index (κ1) is 26.3. The van der Waals surface area contributed by atoms with Crippen molar-refractivity contribution in [2.45, 2.75) is 0 Å². The molecule has 0 spiro atoms. The third kappa shape index (κ3) is 5.75. The van der Waals surface area contributed by atoms with Crippen LogP contribution in [-0.4, -0.2) is 0 Å². The quantitative estimate of drug-likeness (QED) is 0.208. The monoisotopic (exact) mass is 549 g/mol. The molecule has 0 fully saturated rings. The van der Waals surface area contributed by atoms with Crippen molar-refractivity contribution in [3.63, 3.8) is 0 Å². The minimum Gasteiger partial charge on any atom is -0.355 e. The highest BCUT2D eigenvalue weighted by molar-refractivity contribution is 5.91. The first-order valence-corrected chi connectivity index (χ1v) is 14.7. The summed E-state index contributed by atoms with van der Waals surface area (Å²) in [5.74, 6) is 0. The van der Waals surface area contributed by atoms with Crippen molar-refractivity contribution in [3.8, 4) is 55.6 Å². The van der Waals surface area contributed by atoms with Crippen LogP contribution in [-0.2, 0) is 0 Å². The summed E-state index contributed by atoms with van der Waals surface area (Å²) in [6.45, 7) is 0. The summed E-state index contributed by atoms with van der Waals surface area (Å²) >= 11 is 0. The van der Waals surface area contributed by atoms with Crippen molar-refractivity contribution in [3.05, 3.63) is 182 Å². The zero-order chi connectivity index (χ0) is 28.8. The van der Waals surface area contributed by atoms with E-state index in [1.54, 1.807) is 0 Å². The maximum Gasteiger partial charge on any atom is 0.0464 e. The highest BCUT2D eigenvalue weighted by Crippen LogP contribution is 2.40. The summed E-state index contributed by atoms with van der Waals surface area (Å²) in [5, 5.41) is 3.71. The van der Waals surface area contributed by atoms with Crippen LogP contribution in [0.5, 0.6) is 0 Å². The molecule has 0 amide bonds. The van der Waals surface area contributed by atoms with Gasteiger partial charge >= 0.3 is 0 Å². The van der Waals surface area contributed by atoms with Gasteiger partial charge in [0.1, 0.15) is 0 Å². The predicted molar refractivity (Wildman–Crippen MR) is 183 cm³/mol. The number of rotatable bonds is 7. The number of anilines is 2. The molecule has 0 saturated carbocycles. The number of nitrogens with one attached hydrogen (secondary N) is 1. The van der Waals surface area contributed by atoms with E-state index < -0.39 is 0 Å². The molecular formula is C42H31N. The molecule has 0 heterocycles. The van der Waals surface area contributed by atoms with E-state index in [1.165, 1.54) is 50.1 Å². The normalized spacial score (nSPS) is 10.8. The molecule has 7 rings (SSSR count). The Labute approximate surface area is 253 Å². The summed E-state index contributed by atoms with van der Waals surface area (Å²) in [5.41, 5.74) is 14.1. The van der Waals surface area contributed by atoms with Crippen LogP contribution in [0.3, 0.4) is 0 Å². The van der Waals surface area contributed by atoms with E-state index in [1.807, 2.05) is 0 Å². The van der Waals surface area contributed by atoms with Crippen LogP contribution in [0.25, 0.3) is 55.6 Å². The average Bonchev–Trinajstić information content (AvgIpc) is 3.10. The van der Waals surface area contributed by atoms with Crippen molar-refractivity contribution >= 4 is 11.4 Å². The van der Waals surface area contributed by atoms with Crippen LogP contribution in [0.4, 0.5) is 11.4 Å². The Morgan fingerprint density at radius 3 is 1.26 bits per heavy atom. The van der Waals surface area contributed by atoms with Crippen LogP contribution in [0, 0.1) is 0 Å². The third-order valence-corrected chi connectivity index (χ3v) is 7.90. The van der Waals surface area contributed by atoms with Gasteiger partial charge in [-0.25, -0.2) is 0 Å². The number of benzene rings is 7. The summed E-state index contributed by atoms with van der Waals surface area (Å²) < 4.78 is 0. The first-order chi connectivity index (χ1) is 21.3. The fraction of sp³-hybridized carbons (Fsp3) is 0. The summed E-state index contributed by atoms with van der Waals surface area (Å²) in [7, 11) is 0. The second-order valence-electron chi connectivity index (χ2n) is 10.7. The lowest BCUT2D eigenvalue weighted by Crippen LogP contribution is -1.95. The zero-order valence-corrected chi connectivity index (χ0v) is 23.8. The van der Waals surface area contributed by atoms with Gasteiger partial charge < -0.3 is 5.32 Å². The van der Waals surface area contributed by atoms with E-state index in [9.17, 15) is 0 Å². The summed E-state index contributed by atoms with van der Waals surface area (Å²) in [6.07, 6.45) is 0. The fourth-order valence-electron chi connectivity index (χ4n) is 5.67. The molecule has 0 bridgehead atoms. The van der Waals surface area contributed by atoms with E-state index in [2.05, 4.69) is 187 Å². The molecule has 204 valence electrons. The molecule has 0 saturated heterocycles. The topological polar surface area (TPSA) is 12.0 Å². The van der Waals surface area contributed by atoms with Crippen LogP contribution >= 0.6 is 0 Å². The van der Waals surface area contributed by atoms with Gasteiger partial charge in [-0.3, -0.25) is 0 Å². The Morgan fingerprint density at radius 1 is 0.256 bits per heavy atom. The minimum absolute atomic E-state index is 1.06. The molecule has 0 aliphatic rings. The molecular weight excluding hydrogens is 518 g/mol. The second kappa shape index (κ2) is 12.1. The van der Waals surface area contributed by atoms with E-state index in [0.29, 0.717) is 0 Å². The molecule has 1 nitrogen and oxygen atoms in total. The lowest BCUT2D eigenvalue weighted by molar-refractivity contribution is 1.51. The molecule has 0 atom stereocenters.